The van der Waals surface area contributed by atoms with Gasteiger partial charge in [-0.05, 0) is 30.2 Å². The minimum absolute atomic E-state index is 0. The molecule has 0 radical (unpaired) electrons. The lowest BCUT2D eigenvalue weighted by molar-refractivity contribution is 0.0385. The summed E-state index contributed by atoms with van der Waals surface area (Å²) in [7, 11) is 1.65. The molecule has 1 atom stereocenters. The summed E-state index contributed by atoms with van der Waals surface area (Å²) in [6.45, 7) is 6.62. The second kappa shape index (κ2) is 5.70. The van der Waals surface area contributed by atoms with Gasteiger partial charge in [0, 0.05) is 5.41 Å². The summed E-state index contributed by atoms with van der Waals surface area (Å²) < 4.78 is 10.3. The van der Waals surface area contributed by atoms with E-state index < -0.39 is 0 Å². The van der Waals surface area contributed by atoms with Crippen LogP contribution in [0.15, 0.2) is 18.2 Å². The van der Waals surface area contributed by atoms with Gasteiger partial charge in [-0.3, -0.25) is 0 Å². The first-order chi connectivity index (χ1) is 8.44. The highest BCUT2D eigenvalue weighted by atomic mass is 35.5. The number of ether oxygens (including phenoxy) is 2. The van der Waals surface area contributed by atoms with Gasteiger partial charge in [0.1, 0.15) is 12.4 Å². The summed E-state index contributed by atoms with van der Waals surface area (Å²) in [6.07, 6.45) is -0.352. The molecule has 0 aliphatic carbocycles. The molecule has 19 heavy (non-hydrogen) atoms. The number of carbonyl (C=O) groups excluding carboxylic acids is 1. The van der Waals surface area contributed by atoms with E-state index in [0.29, 0.717) is 6.61 Å². The maximum Gasteiger partial charge on any atom is 0.407 e. The van der Waals surface area contributed by atoms with Crippen LogP contribution in [0.5, 0.6) is 5.75 Å². The lowest BCUT2D eigenvalue weighted by Crippen LogP contribution is -2.47. The highest BCUT2D eigenvalue weighted by Crippen LogP contribution is 2.38. The van der Waals surface area contributed by atoms with Crippen LogP contribution in [0.3, 0.4) is 0 Å². The van der Waals surface area contributed by atoms with E-state index in [0.717, 1.165) is 16.9 Å². The van der Waals surface area contributed by atoms with Crippen molar-refractivity contribution in [2.45, 2.75) is 26.8 Å². The molecule has 1 heterocycles. The molecule has 1 fully saturated rings. The fourth-order valence-electron chi connectivity index (χ4n) is 2.29. The Hall–Kier alpha value is -1.42. The van der Waals surface area contributed by atoms with Crippen LogP contribution in [-0.4, -0.2) is 19.8 Å². The van der Waals surface area contributed by atoms with Crippen LogP contribution in [0.4, 0.5) is 4.79 Å². The first-order valence-electron chi connectivity index (χ1n) is 6.02. The van der Waals surface area contributed by atoms with E-state index in [2.05, 4.69) is 19.2 Å². The van der Waals surface area contributed by atoms with Crippen molar-refractivity contribution in [3.8, 4) is 5.75 Å². The molecule has 1 aromatic rings. The maximum absolute atomic E-state index is 11.4. The van der Waals surface area contributed by atoms with Crippen molar-refractivity contribution in [2.75, 3.05) is 13.7 Å². The fraction of sp³-hybridized carbons (Fsp3) is 0.500. The molecule has 4 nitrogen and oxygen atoms in total. The quantitative estimate of drug-likeness (QED) is 0.907. The van der Waals surface area contributed by atoms with Crippen LogP contribution < -0.4 is 10.1 Å². The van der Waals surface area contributed by atoms with E-state index >= 15 is 0 Å². The van der Waals surface area contributed by atoms with Crippen molar-refractivity contribution in [1.82, 2.24) is 5.32 Å². The molecule has 1 amide bonds. The van der Waals surface area contributed by atoms with Gasteiger partial charge in [-0.1, -0.05) is 19.9 Å². The largest absolute Gasteiger partial charge is 0.497 e. The third-order valence-electron chi connectivity index (χ3n) is 3.41. The van der Waals surface area contributed by atoms with Gasteiger partial charge in [0.2, 0.25) is 0 Å². The van der Waals surface area contributed by atoms with E-state index in [1.165, 1.54) is 0 Å². The molecule has 2 rings (SSSR count). The van der Waals surface area contributed by atoms with Crippen molar-refractivity contribution in [3.63, 3.8) is 0 Å². The molecule has 0 bridgehead atoms. The summed E-state index contributed by atoms with van der Waals surface area (Å²) >= 11 is 0. The molecule has 1 N–H and O–H groups in total. The molecular weight excluding hydrogens is 266 g/mol. The predicted octanol–water partition coefficient (Wildman–Crippen LogP) is 3.23. The molecule has 1 aliphatic heterocycles. The Kier molecular flexibility index (Phi) is 4.69. The van der Waals surface area contributed by atoms with Gasteiger partial charge in [0.15, 0.2) is 0 Å². The van der Waals surface area contributed by atoms with Gasteiger partial charge in [-0.25, -0.2) is 4.79 Å². The number of carbonyl (C=O) groups is 1. The number of benzene rings is 1. The van der Waals surface area contributed by atoms with Crippen molar-refractivity contribution in [2.24, 2.45) is 5.41 Å². The highest BCUT2D eigenvalue weighted by molar-refractivity contribution is 5.85. The molecular formula is C14H20ClNO3. The third kappa shape index (κ3) is 3.13. The van der Waals surface area contributed by atoms with Gasteiger partial charge in [0.05, 0.1) is 13.2 Å². The van der Waals surface area contributed by atoms with E-state index in [1.807, 2.05) is 25.1 Å². The Labute approximate surface area is 119 Å². The third-order valence-corrected chi connectivity index (χ3v) is 3.41. The average molecular weight is 286 g/mol. The molecule has 1 saturated heterocycles. The van der Waals surface area contributed by atoms with E-state index in [-0.39, 0.29) is 30.0 Å². The number of rotatable bonds is 2. The number of nitrogens with one attached hydrogen (secondary N) is 1. The predicted molar refractivity (Wildman–Crippen MR) is 76.0 cm³/mol. The number of methoxy groups -OCH3 is 1. The van der Waals surface area contributed by atoms with Crippen LogP contribution in [-0.2, 0) is 4.74 Å². The second-order valence-corrected chi connectivity index (χ2v) is 5.36. The summed E-state index contributed by atoms with van der Waals surface area (Å²) in [5.74, 6) is 0.826. The number of aryl methyl sites for hydroxylation is 1. The zero-order valence-electron chi connectivity index (χ0n) is 11.6. The first kappa shape index (κ1) is 15.6. The SMILES string of the molecule is COc1ccc([C@H]2NC(=O)OCC2(C)C)c(C)c1.Cl. The van der Waals surface area contributed by atoms with Gasteiger partial charge < -0.3 is 14.8 Å². The summed E-state index contributed by atoms with van der Waals surface area (Å²) in [6, 6.07) is 5.86. The number of hydrogen-bond donors (Lipinski definition) is 1. The minimum Gasteiger partial charge on any atom is -0.497 e. The van der Waals surface area contributed by atoms with Gasteiger partial charge >= 0.3 is 6.09 Å². The molecule has 0 unspecified atom stereocenters. The maximum atomic E-state index is 11.4. The monoisotopic (exact) mass is 285 g/mol. The van der Waals surface area contributed by atoms with E-state index in [4.69, 9.17) is 9.47 Å². The van der Waals surface area contributed by atoms with Crippen LogP contribution in [0.25, 0.3) is 0 Å². The van der Waals surface area contributed by atoms with E-state index in [1.54, 1.807) is 7.11 Å². The van der Waals surface area contributed by atoms with Crippen molar-refractivity contribution >= 4 is 18.5 Å². The molecule has 0 aromatic heterocycles. The van der Waals surface area contributed by atoms with Gasteiger partial charge in [-0.15, -0.1) is 12.4 Å². The fourth-order valence-corrected chi connectivity index (χ4v) is 2.29. The highest BCUT2D eigenvalue weighted by Gasteiger charge is 2.38. The Morgan fingerprint density at radius 1 is 1.42 bits per heavy atom. The summed E-state index contributed by atoms with van der Waals surface area (Å²) in [5, 5.41) is 2.90. The van der Waals surface area contributed by atoms with Crippen molar-refractivity contribution in [3.05, 3.63) is 29.3 Å². The Balaban J connectivity index is 0.00000180. The minimum atomic E-state index is -0.352. The smallest absolute Gasteiger partial charge is 0.407 e. The van der Waals surface area contributed by atoms with Crippen LogP contribution in [0.2, 0.25) is 0 Å². The lowest BCUT2D eigenvalue weighted by Gasteiger charge is -2.39. The normalized spacial score (nSPS) is 20.8. The van der Waals surface area contributed by atoms with Crippen LogP contribution in [0, 0.1) is 12.3 Å². The van der Waals surface area contributed by atoms with Gasteiger partial charge in [0.25, 0.3) is 0 Å². The van der Waals surface area contributed by atoms with Crippen molar-refractivity contribution in [1.29, 1.82) is 0 Å². The molecule has 0 saturated carbocycles. The molecule has 1 aromatic carbocycles. The molecule has 106 valence electrons. The first-order valence-corrected chi connectivity index (χ1v) is 6.02. The van der Waals surface area contributed by atoms with Crippen LogP contribution >= 0.6 is 12.4 Å². The zero-order chi connectivity index (χ0) is 13.3. The van der Waals surface area contributed by atoms with Crippen molar-refractivity contribution < 1.29 is 14.3 Å². The molecule has 0 spiro atoms. The van der Waals surface area contributed by atoms with Crippen LogP contribution in [0.1, 0.15) is 31.0 Å². The lowest BCUT2D eigenvalue weighted by atomic mass is 9.79. The topological polar surface area (TPSA) is 47.6 Å². The Bertz CT molecular complexity index is 474. The average Bonchev–Trinajstić information content (AvgIpc) is 2.32. The number of amides is 1. The summed E-state index contributed by atoms with van der Waals surface area (Å²) in [5.41, 5.74) is 2.08. The number of cyclic esters (lactones) is 1. The van der Waals surface area contributed by atoms with E-state index in [9.17, 15) is 4.79 Å². The number of halogens is 1. The Morgan fingerprint density at radius 2 is 2.11 bits per heavy atom. The second-order valence-electron chi connectivity index (χ2n) is 5.36. The number of alkyl carbamates (subject to hydrolysis) is 1. The Morgan fingerprint density at radius 3 is 2.68 bits per heavy atom. The molecule has 5 heteroatoms. The standard InChI is InChI=1S/C14H19NO3.ClH/c1-9-7-10(17-4)5-6-11(9)12-14(2,3)8-18-13(16)15-12;/h5-7,12H,8H2,1-4H3,(H,15,16);1H/t12-;/m1./s1. The number of hydrogen-bond acceptors (Lipinski definition) is 3. The summed E-state index contributed by atoms with van der Waals surface area (Å²) in [4.78, 5) is 11.4. The van der Waals surface area contributed by atoms with Gasteiger partial charge in [-0.2, -0.15) is 0 Å². The zero-order valence-corrected chi connectivity index (χ0v) is 12.5. The molecule has 1 aliphatic rings.